The van der Waals surface area contributed by atoms with Crippen molar-refractivity contribution in [2.24, 2.45) is 0 Å². The van der Waals surface area contributed by atoms with Crippen LogP contribution < -0.4 is 0 Å². The van der Waals surface area contributed by atoms with Crippen LogP contribution in [0.25, 0.3) is 0 Å². The molecule has 1 fully saturated rings. The number of rotatable bonds is 2. The molecule has 1 heterocycles. The second-order valence-electron chi connectivity index (χ2n) is 3.55. The molecule has 58 valence electrons. The van der Waals surface area contributed by atoms with Crippen LogP contribution in [0.2, 0.25) is 13.1 Å². The summed E-state index contributed by atoms with van der Waals surface area (Å²) in [7, 11) is -1.15. The van der Waals surface area contributed by atoms with Crippen molar-refractivity contribution in [1.82, 2.24) is 4.57 Å². The monoisotopic (exact) mass is 155 g/mol. The summed E-state index contributed by atoms with van der Waals surface area (Å²) in [4.78, 5) is 0. The van der Waals surface area contributed by atoms with E-state index in [0.717, 1.165) is 0 Å². The van der Waals surface area contributed by atoms with E-state index in [2.05, 4.69) is 29.9 Å². The number of hydrogen-bond donors (Lipinski definition) is 0. The molecule has 0 spiro atoms. The molecule has 0 aromatic heterocycles. The predicted octanol–water partition coefficient (Wildman–Crippen LogP) is 2.01. The van der Waals surface area contributed by atoms with Gasteiger partial charge in [-0.2, -0.15) is 0 Å². The van der Waals surface area contributed by atoms with Crippen molar-refractivity contribution >= 4 is 8.24 Å². The fourth-order valence-corrected chi connectivity index (χ4v) is 3.15. The van der Waals surface area contributed by atoms with Gasteiger partial charge in [0, 0.05) is 0 Å². The molecular formula is C8H17NSi. The summed E-state index contributed by atoms with van der Waals surface area (Å²) >= 11 is 0. The lowest BCUT2D eigenvalue weighted by atomic mass is 10.4. The summed E-state index contributed by atoms with van der Waals surface area (Å²) in [6.07, 6.45) is 2.79. The summed E-state index contributed by atoms with van der Waals surface area (Å²) in [6.45, 7) is 11.3. The molecule has 0 atom stereocenters. The zero-order valence-electron chi connectivity index (χ0n) is 7.06. The average Bonchev–Trinajstić information content (AvgIpc) is 2.38. The third-order valence-corrected chi connectivity index (χ3v) is 5.50. The molecule has 0 aromatic rings. The molecule has 0 aliphatic carbocycles. The van der Waals surface area contributed by atoms with Crippen molar-refractivity contribution in [3.05, 3.63) is 12.3 Å². The second-order valence-corrected chi connectivity index (χ2v) is 7.90. The molecule has 10 heavy (non-hydrogen) atoms. The Morgan fingerprint density at radius 2 is 1.80 bits per heavy atom. The van der Waals surface area contributed by atoms with Crippen LogP contribution in [0.4, 0.5) is 0 Å². The lowest BCUT2D eigenvalue weighted by Crippen LogP contribution is -2.45. The van der Waals surface area contributed by atoms with Gasteiger partial charge in [-0.05, 0) is 25.9 Å². The minimum absolute atomic E-state index is 1.15. The third-order valence-electron chi connectivity index (χ3n) is 2.42. The SMILES string of the molecule is C=C[Si](C)(C)N1CCCC1. The van der Waals surface area contributed by atoms with Gasteiger partial charge in [-0.3, -0.25) is 0 Å². The standard InChI is InChI=1S/C8H17NSi/c1-4-10(2,3)9-7-5-6-8-9/h4H,1,5-8H2,2-3H3. The van der Waals surface area contributed by atoms with Crippen LogP contribution in [0, 0.1) is 0 Å². The van der Waals surface area contributed by atoms with Gasteiger partial charge in [0.15, 0.2) is 0 Å². The van der Waals surface area contributed by atoms with Gasteiger partial charge in [-0.25, -0.2) is 0 Å². The number of nitrogens with zero attached hydrogens (tertiary/aromatic N) is 1. The Hall–Kier alpha value is -0.0831. The van der Waals surface area contributed by atoms with Crippen molar-refractivity contribution in [3.63, 3.8) is 0 Å². The molecule has 1 aliphatic heterocycles. The summed E-state index contributed by atoms with van der Waals surface area (Å²) in [5, 5.41) is 0. The minimum Gasteiger partial charge on any atom is -0.321 e. The van der Waals surface area contributed by atoms with Crippen molar-refractivity contribution in [3.8, 4) is 0 Å². The topological polar surface area (TPSA) is 3.24 Å². The molecule has 0 aromatic carbocycles. The van der Waals surface area contributed by atoms with Crippen LogP contribution in [-0.2, 0) is 0 Å². The van der Waals surface area contributed by atoms with Gasteiger partial charge in [0.2, 0.25) is 0 Å². The molecule has 0 amide bonds. The van der Waals surface area contributed by atoms with E-state index in [-0.39, 0.29) is 0 Å². The Bertz CT molecular complexity index is 125. The van der Waals surface area contributed by atoms with Gasteiger partial charge in [0.25, 0.3) is 0 Å². The molecule has 0 N–H and O–H groups in total. The highest BCUT2D eigenvalue weighted by Crippen LogP contribution is 2.17. The van der Waals surface area contributed by atoms with Crippen molar-refractivity contribution in [2.45, 2.75) is 25.9 Å². The first-order valence-corrected chi connectivity index (χ1v) is 7.08. The van der Waals surface area contributed by atoms with E-state index in [0.29, 0.717) is 0 Å². The fraction of sp³-hybridized carbons (Fsp3) is 0.750. The Labute approximate surface area is 64.8 Å². The molecule has 0 saturated carbocycles. The minimum atomic E-state index is -1.15. The quantitative estimate of drug-likeness (QED) is 0.551. The van der Waals surface area contributed by atoms with Crippen LogP contribution >= 0.6 is 0 Å². The van der Waals surface area contributed by atoms with E-state index in [9.17, 15) is 0 Å². The first-order valence-electron chi connectivity index (χ1n) is 4.05. The van der Waals surface area contributed by atoms with E-state index < -0.39 is 8.24 Å². The summed E-state index contributed by atoms with van der Waals surface area (Å²) in [5.74, 6) is 0. The molecule has 1 saturated heterocycles. The Morgan fingerprint density at radius 3 is 2.20 bits per heavy atom. The van der Waals surface area contributed by atoms with Gasteiger partial charge in [-0.15, -0.1) is 6.58 Å². The zero-order chi connectivity index (χ0) is 7.61. The molecule has 1 nitrogen and oxygen atoms in total. The van der Waals surface area contributed by atoms with Gasteiger partial charge in [0.05, 0.1) is 0 Å². The molecule has 0 unspecified atom stereocenters. The normalized spacial score (nSPS) is 21.4. The number of hydrogen-bond acceptors (Lipinski definition) is 1. The highest BCUT2D eigenvalue weighted by molar-refractivity contribution is 6.79. The maximum absolute atomic E-state index is 3.90. The zero-order valence-corrected chi connectivity index (χ0v) is 8.06. The lowest BCUT2D eigenvalue weighted by molar-refractivity contribution is 0.528. The fourth-order valence-electron chi connectivity index (χ4n) is 1.42. The summed E-state index contributed by atoms with van der Waals surface area (Å²) in [6, 6.07) is 0. The van der Waals surface area contributed by atoms with Crippen molar-refractivity contribution in [1.29, 1.82) is 0 Å². The lowest BCUT2D eigenvalue weighted by Gasteiger charge is -2.29. The van der Waals surface area contributed by atoms with Gasteiger partial charge in [-0.1, -0.05) is 18.8 Å². The summed E-state index contributed by atoms with van der Waals surface area (Å²) in [5.41, 5.74) is 2.18. The van der Waals surface area contributed by atoms with Crippen molar-refractivity contribution < 1.29 is 0 Å². The third kappa shape index (κ3) is 1.50. The highest BCUT2D eigenvalue weighted by atomic mass is 28.3. The Balaban J connectivity index is 2.53. The maximum Gasteiger partial charge on any atom is 0.146 e. The van der Waals surface area contributed by atoms with Gasteiger partial charge in [0.1, 0.15) is 8.24 Å². The van der Waals surface area contributed by atoms with Crippen LogP contribution in [0.1, 0.15) is 12.8 Å². The van der Waals surface area contributed by atoms with Gasteiger partial charge < -0.3 is 4.57 Å². The van der Waals surface area contributed by atoms with E-state index in [1.807, 2.05) is 0 Å². The average molecular weight is 155 g/mol. The Morgan fingerprint density at radius 1 is 1.30 bits per heavy atom. The first-order chi connectivity index (χ1) is 4.67. The first kappa shape index (κ1) is 8.02. The maximum atomic E-state index is 3.90. The van der Waals surface area contributed by atoms with Gasteiger partial charge >= 0.3 is 0 Å². The molecule has 2 heteroatoms. The molecule has 1 aliphatic rings. The smallest absolute Gasteiger partial charge is 0.146 e. The van der Waals surface area contributed by atoms with Crippen LogP contribution in [0.5, 0.6) is 0 Å². The molecule has 1 rings (SSSR count). The Kier molecular flexibility index (Phi) is 2.31. The molecule has 0 bridgehead atoms. The molecule has 0 radical (unpaired) electrons. The van der Waals surface area contributed by atoms with E-state index in [4.69, 9.17) is 0 Å². The van der Waals surface area contributed by atoms with Crippen molar-refractivity contribution in [2.75, 3.05) is 13.1 Å². The van der Waals surface area contributed by atoms with Crippen LogP contribution in [-0.4, -0.2) is 25.9 Å². The highest BCUT2D eigenvalue weighted by Gasteiger charge is 2.27. The van der Waals surface area contributed by atoms with Crippen LogP contribution in [0.15, 0.2) is 12.3 Å². The second kappa shape index (κ2) is 2.89. The van der Waals surface area contributed by atoms with E-state index >= 15 is 0 Å². The largest absolute Gasteiger partial charge is 0.321 e. The van der Waals surface area contributed by atoms with Crippen LogP contribution in [0.3, 0.4) is 0 Å². The summed E-state index contributed by atoms with van der Waals surface area (Å²) < 4.78 is 2.62. The predicted molar refractivity (Wildman–Crippen MR) is 48.5 cm³/mol. The van der Waals surface area contributed by atoms with E-state index in [1.54, 1.807) is 0 Å². The van der Waals surface area contributed by atoms with E-state index in [1.165, 1.54) is 25.9 Å². The molecular weight excluding hydrogens is 138 g/mol.